The number of nitriles is 1. The van der Waals surface area contributed by atoms with Crippen molar-refractivity contribution in [1.29, 1.82) is 5.26 Å². The first-order valence-corrected chi connectivity index (χ1v) is 18.4. The second-order valence-corrected chi connectivity index (χ2v) is 15.1. The van der Waals surface area contributed by atoms with Crippen LogP contribution in [0.25, 0.3) is 61.0 Å². The third kappa shape index (κ3) is 5.80. The standard InChI is InChI=1S/C38H30F3N7O4S/c1-43-37(49)34-26-15-25(30(46(2)53(3,50)51)17-32(26)52-36(34)21-7-9-23(39)10-8-21)27-11-12-28-35(45-27)31-16-24-22(18-42)5-4-6-29(24)48(31)33(44-28)19-47-14-13-38(40,41)20-47/h4-12,15-17H,13-14,19-20H2,1-3H3,(H,43,49). The highest BCUT2D eigenvalue weighted by atomic mass is 32.2. The number of carbonyl (C=O) groups is 1. The average Bonchev–Trinajstić information content (AvgIpc) is 3.82. The summed E-state index contributed by atoms with van der Waals surface area (Å²) in [7, 11) is -0.969. The van der Waals surface area contributed by atoms with E-state index in [0.29, 0.717) is 61.0 Å². The molecule has 53 heavy (non-hydrogen) atoms. The van der Waals surface area contributed by atoms with E-state index in [9.17, 15) is 31.6 Å². The molecule has 8 rings (SSSR count). The summed E-state index contributed by atoms with van der Waals surface area (Å²) in [6.07, 6.45) is 0.805. The highest BCUT2D eigenvalue weighted by Crippen LogP contribution is 2.42. The van der Waals surface area contributed by atoms with Gasteiger partial charge in [-0.1, -0.05) is 6.07 Å². The molecule has 1 aliphatic rings. The average molecular weight is 738 g/mol. The normalized spacial score (nSPS) is 14.7. The Morgan fingerprint density at radius 2 is 1.83 bits per heavy atom. The number of hydrogen-bond donors (Lipinski definition) is 1. The van der Waals surface area contributed by atoms with Gasteiger partial charge in [-0.15, -0.1) is 0 Å². The number of nitrogens with one attached hydrogen (secondary N) is 1. The van der Waals surface area contributed by atoms with Crippen LogP contribution in [-0.4, -0.2) is 73.0 Å². The van der Waals surface area contributed by atoms with Crippen LogP contribution in [0.5, 0.6) is 0 Å². The van der Waals surface area contributed by atoms with Gasteiger partial charge in [-0.3, -0.25) is 18.4 Å². The fraction of sp³-hybridized carbons (Fsp3) is 0.211. The molecule has 1 aliphatic heterocycles. The highest BCUT2D eigenvalue weighted by molar-refractivity contribution is 7.92. The molecule has 0 radical (unpaired) electrons. The van der Waals surface area contributed by atoms with Crippen molar-refractivity contribution in [2.75, 3.05) is 37.7 Å². The largest absolute Gasteiger partial charge is 0.455 e. The summed E-state index contributed by atoms with van der Waals surface area (Å²) >= 11 is 0. The first-order chi connectivity index (χ1) is 25.3. The summed E-state index contributed by atoms with van der Waals surface area (Å²) < 4.78 is 77.3. The van der Waals surface area contributed by atoms with Gasteiger partial charge in [0.25, 0.3) is 11.8 Å². The second kappa shape index (κ2) is 12.3. The smallest absolute Gasteiger partial charge is 0.261 e. The number of likely N-dealkylation sites (tertiary alicyclic amines) is 1. The molecule has 0 aliphatic carbocycles. The number of sulfonamides is 1. The maximum atomic E-state index is 14.2. The Kier molecular flexibility index (Phi) is 7.93. The number of halogens is 3. The molecule has 0 bridgehead atoms. The van der Waals surface area contributed by atoms with Crippen molar-refractivity contribution in [3.63, 3.8) is 0 Å². The van der Waals surface area contributed by atoms with E-state index < -0.39 is 34.2 Å². The SMILES string of the molecule is CNC(=O)c1c(-c2ccc(F)cc2)oc2cc(N(C)S(C)(=O)=O)c(-c3ccc4nc(CN5CCC(F)(F)C5)n5c6cccc(C#N)c6cc5c4n3)cc12. The Bertz CT molecular complexity index is 2810. The quantitative estimate of drug-likeness (QED) is 0.190. The number of anilines is 1. The van der Waals surface area contributed by atoms with Gasteiger partial charge in [-0.05, 0) is 60.7 Å². The van der Waals surface area contributed by atoms with Crippen molar-refractivity contribution >= 4 is 60.0 Å². The third-order valence-corrected chi connectivity index (χ3v) is 10.9. The molecule has 0 saturated carbocycles. The van der Waals surface area contributed by atoms with Gasteiger partial charge in [0.05, 0.1) is 64.5 Å². The van der Waals surface area contributed by atoms with Crippen LogP contribution >= 0.6 is 0 Å². The minimum atomic E-state index is -3.83. The monoisotopic (exact) mass is 737 g/mol. The van der Waals surface area contributed by atoms with E-state index in [-0.39, 0.29) is 42.1 Å². The van der Waals surface area contributed by atoms with E-state index in [2.05, 4.69) is 11.4 Å². The Labute approximate surface area is 300 Å². The van der Waals surface area contributed by atoms with Crippen molar-refractivity contribution < 1.29 is 30.8 Å². The van der Waals surface area contributed by atoms with E-state index in [1.165, 1.54) is 44.4 Å². The highest BCUT2D eigenvalue weighted by Gasteiger charge is 2.38. The van der Waals surface area contributed by atoms with Crippen LogP contribution in [-0.2, 0) is 16.6 Å². The van der Waals surface area contributed by atoms with Gasteiger partial charge in [0.15, 0.2) is 0 Å². The molecule has 1 fully saturated rings. The maximum absolute atomic E-state index is 14.2. The number of alkyl halides is 2. The van der Waals surface area contributed by atoms with E-state index in [1.54, 1.807) is 35.2 Å². The molecule has 268 valence electrons. The molecule has 11 nitrogen and oxygen atoms in total. The molecule has 0 spiro atoms. The first-order valence-electron chi connectivity index (χ1n) is 16.5. The number of pyridine rings is 1. The summed E-state index contributed by atoms with van der Waals surface area (Å²) in [6, 6.07) is 21.3. The summed E-state index contributed by atoms with van der Waals surface area (Å²) in [4.78, 5) is 24.9. The second-order valence-electron chi connectivity index (χ2n) is 13.1. The zero-order valence-electron chi connectivity index (χ0n) is 28.6. The van der Waals surface area contributed by atoms with Gasteiger partial charge in [0, 0.05) is 55.0 Å². The van der Waals surface area contributed by atoms with Gasteiger partial charge >= 0.3 is 0 Å². The predicted octanol–water partition coefficient (Wildman–Crippen LogP) is 6.72. The molecule has 1 amide bonds. The summed E-state index contributed by atoms with van der Waals surface area (Å²) in [5.41, 5.74) is 4.20. The predicted molar refractivity (Wildman–Crippen MR) is 195 cm³/mol. The van der Waals surface area contributed by atoms with Gasteiger partial charge < -0.3 is 9.73 Å². The number of carbonyl (C=O) groups excluding carboxylic acids is 1. The molecular formula is C38H30F3N7O4S. The van der Waals surface area contributed by atoms with Crippen molar-refractivity contribution in [1.82, 2.24) is 24.6 Å². The van der Waals surface area contributed by atoms with Crippen molar-refractivity contribution in [3.05, 3.63) is 95.6 Å². The lowest BCUT2D eigenvalue weighted by molar-refractivity contribution is 0.0112. The summed E-state index contributed by atoms with van der Waals surface area (Å²) in [5, 5.41) is 13.6. The lowest BCUT2D eigenvalue weighted by Gasteiger charge is -2.21. The molecule has 15 heteroatoms. The summed E-state index contributed by atoms with van der Waals surface area (Å²) in [6.45, 7) is -0.0758. The number of fused-ring (bicyclic) bond motifs is 6. The lowest BCUT2D eigenvalue weighted by atomic mass is 10.0. The first kappa shape index (κ1) is 34.1. The number of hydrogen-bond acceptors (Lipinski definition) is 8. The zero-order chi connectivity index (χ0) is 37.4. The van der Waals surface area contributed by atoms with E-state index in [1.807, 2.05) is 16.5 Å². The number of nitrogens with zero attached hydrogens (tertiary/aromatic N) is 6. The Morgan fingerprint density at radius 1 is 1.06 bits per heavy atom. The lowest BCUT2D eigenvalue weighted by Crippen LogP contribution is -2.26. The third-order valence-electron chi connectivity index (χ3n) is 9.68. The molecule has 0 unspecified atom stereocenters. The molecule has 0 atom stereocenters. The fourth-order valence-electron chi connectivity index (χ4n) is 7.03. The number of furan rings is 1. The number of aromatic nitrogens is 3. The molecular weight excluding hydrogens is 708 g/mol. The van der Waals surface area contributed by atoms with Crippen LogP contribution in [0.15, 0.2) is 77.2 Å². The number of benzene rings is 3. The molecule has 7 aromatic rings. The van der Waals surface area contributed by atoms with E-state index in [4.69, 9.17) is 14.4 Å². The van der Waals surface area contributed by atoms with Gasteiger partial charge in [0.2, 0.25) is 10.0 Å². The molecule has 3 aromatic carbocycles. The van der Waals surface area contributed by atoms with Gasteiger partial charge in [-0.2, -0.15) is 5.26 Å². The number of rotatable bonds is 7. The fourth-order valence-corrected chi connectivity index (χ4v) is 7.54. The van der Waals surface area contributed by atoms with Gasteiger partial charge in [-0.25, -0.2) is 31.6 Å². The van der Waals surface area contributed by atoms with Crippen molar-refractivity contribution in [2.45, 2.75) is 18.9 Å². The number of amides is 1. The maximum Gasteiger partial charge on any atom is 0.261 e. The molecule has 5 heterocycles. The molecule has 4 aromatic heterocycles. The van der Waals surface area contributed by atoms with Crippen LogP contribution in [0.3, 0.4) is 0 Å². The minimum Gasteiger partial charge on any atom is -0.455 e. The van der Waals surface area contributed by atoms with Gasteiger partial charge in [0.1, 0.15) is 28.5 Å². The summed E-state index contributed by atoms with van der Waals surface area (Å²) in [5.74, 6) is -3.10. The Morgan fingerprint density at radius 3 is 2.51 bits per heavy atom. The van der Waals surface area contributed by atoms with Crippen LogP contribution in [0.4, 0.5) is 18.9 Å². The Hall–Kier alpha value is -5.98. The van der Waals surface area contributed by atoms with E-state index >= 15 is 0 Å². The van der Waals surface area contributed by atoms with Crippen LogP contribution in [0.2, 0.25) is 0 Å². The van der Waals surface area contributed by atoms with Crippen LogP contribution in [0, 0.1) is 17.1 Å². The van der Waals surface area contributed by atoms with Crippen molar-refractivity contribution in [2.24, 2.45) is 0 Å². The topological polar surface area (TPSA) is 137 Å². The van der Waals surface area contributed by atoms with Crippen LogP contribution in [0.1, 0.15) is 28.2 Å². The van der Waals surface area contributed by atoms with Crippen LogP contribution < -0.4 is 9.62 Å². The van der Waals surface area contributed by atoms with E-state index in [0.717, 1.165) is 10.6 Å². The minimum absolute atomic E-state index is 0.128. The Balaban J connectivity index is 1.40. The molecule has 1 N–H and O–H groups in total. The van der Waals surface area contributed by atoms with Crippen molar-refractivity contribution in [3.8, 4) is 28.7 Å². The molecule has 1 saturated heterocycles. The zero-order valence-corrected chi connectivity index (χ0v) is 29.4.